The molecular formula is C24H27N5O4S. The Balaban J connectivity index is 1.42. The maximum atomic E-state index is 13.1. The van der Waals surface area contributed by atoms with Crippen LogP contribution in [0.3, 0.4) is 0 Å². The maximum Gasteiger partial charge on any atom is 0.243 e. The molecule has 0 radical (unpaired) electrons. The molecule has 0 bridgehead atoms. The first-order valence-corrected chi connectivity index (χ1v) is 12.5. The van der Waals surface area contributed by atoms with Gasteiger partial charge in [0.25, 0.3) is 0 Å². The Morgan fingerprint density at radius 3 is 2.47 bits per heavy atom. The van der Waals surface area contributed by atoms with Crippen molar-refractivity contribution < 1.29 is 17.7 Å². The summed E-state index contributed by atoms with van der Waals surface area (Å²) in [6.45, 7) is 5.50. The van der Waals surface area contributed by atoms with Gasteiger partial charge in [-0.1, -0.05) is 36.4 Å². The SMILES string of the molecule is CCC(=O)Nc1c(C)noc1C=Cc1ccc(S(=O)(=O)N2CCN(c3ccccn3)CC2)cc1. The first-order chi connectivity index (χ1) is 16.4. The van der Waals surface area contributed by atoms with Crippen molar-refractivity contribution in [2.24, 2.45) is 0 Å². The normalized spacial score (nSPS) is 15.1. The fourth-order valence-corrected chi connectivity index (χ4v) is 5.07. The van der Waals surface area contributed by atoms with Gasteiger partial charge in [0.15, 0.2) is 5.76 Å². The zero-order valence-corrected chi connectivity index (χ0v) is 20.0. The second-order valence-electron chi connectivity index (χ2n) is 7.89. The van der Waals surface area contributed by atoms with E-state index in [0.717, 1.165) is 11.4 Å². The molecule has 0 aliphatic carbocycles. The average molecular weight is 482 g/mol. The first-order valence-electron chi connectivity index (χ1n) is 11.1. The summed E-state index contributed by atoms with van der Waals surface area (Å²) in [5, 5.41) is 6.69. The van der Waals surface area contributed by atoms with Crippen LogP contribution in [0.15, 0.2) is 58.1 Å². The van der Waals surface area contributed by atoms with Gasteiger partial charge in [-0.2, -0.15) is 4.31 Å². The molecule has 0 saturated carbocycles. The molecule has 1 fully saturated rings. The second kappa shape index (κ2) is 10.2. The van der Waals surface area contributed by atoms with Crippen LogP contribution in [-0.4, -0.2) is 54.9 Å². The summed E-state index contributed by atoms with van der Waals surface area (Å²) in [7, 11) is -3.59. The van der Waals surface area contributed by atoms with E-state index in [4.69, 9.17) is 4.52 Å². The van der Waals surface area contributed by atoms with Crippen LogP contribution in [0.5, 0.6) is 0 Å². The molecule has 1 N–H and O–H groups in total. The van der Waals surface area contributed by atoms with Gasteiger partial charge in [0.2, 0.25) is 15.9 Å². The number of amides is 1. The Hall–Kier alpha value is -3.50. The van der Waals surface area contributed by atoms with Crippen LogP contribution in [0.25, 0.3) is 12.2 Å². The summed E-state index contributed by atoms with van der Waals surface area (Å²) in [5.41, 5.74) is 1.92. The predicted octanol–water partition coefficient (Wildman–Crippen LogP) is 3.41. The molecule has 10 heteroatoms. The molecule has 1 amide bonds. The summed E-state index contributed by atoms with van der Waals surface area (Å²) in [5.74, 6) is 1.16. The maximum absolute atomic E-state index is 13.1. The van der Waals surface area contributed by atoms with Crippen molar-refractivity contribution in [2.45, 2.75) is 25.2 Å². The van der Waals surface area contributed by atoms with E-state index < -0.39 is 10.0 Å². The number of carbonyl (C=O) groups excluding carboxylic acids is 1. The van der Waals surface area contributed by atoms with Crippen molar-refractivity contribution >= 4 is 39.6 Å². The molecule has 34 heavy (non-hydrogen) atoms. The van der Waals surface area contributed by atoms with E-state index in [1.165, 1.54) is 4.31 Å². The number of carbonyl (C=O) groups is 1. The topological polar surface area (TPSA) is 109 Å². The molecule has 1 saturated heterocycles. The third-order valence-corrected chi connectivity index (χ3v) is 7.54. The molecule has 3 heterocycles. The number of rotatable bonds is 7. The van der Waals surface area contributed by atoms with Crippen LogP contribution in [0.1, 0.15) is 30.4 Å². The van der Waals surface area contributed by atoms with Gasteiger partial charge in [0, 0.05) is 38.8 Å². The third kappa shape index (κ3) is 5.18. The van der Waals surface area contributed by atoms with E-state index in [2.05, 4.69) is 20.4 Å². The minimum absolute atomic E-state index is 0.128. The molecule has 0 unspecified atom stereocenters. The van der Waals surface area contributed by atoms with Gasteiger partial charge in [-0.05, 0) is 42.8 Å². The lowest BCUT2D eigenvalue weighted by Gasteiger charge is -2.34. The molecule has 3 aromatic rings. The smallest absolute Gasteiger partial charge is 0.243 e. The van der Waals surface area contributed by atoms with E-state index in [1.807, 2.05) is 18.2 Å². The number of piperazine rings is 1. The van der Waals surface area contributed by atoms with Crippen LogP contribution in [0.4, 0.5) is 11.5 Å². The molecule has 178 valence electrons. The highest BCUT2D eigenvalue weighted by Gasteiger charge is 2.28. The lowest BCUT2D eigenvalue weighted by atomic mass is 10.2. The van der Waals surface area contributed by atoms with Crippen molar-refractivity contribution in [2.75, 3.05) is 36.4 Å². The predicted molar refractivity (Wildman–Crippen MR) is 131 cm³/mol. The fourth-order valence-electron chi connectivity index (χ4n) is 3.65. The number of hydrogen-bond acceptors (Lipinski definition) is 7. The largest absolute Gasteiger partial charge is 0.354 e. The Morgan fingerprint density at radius 2 is 1.82 bits per heavy atom. The van der Waals surface area contributed by atoms with Crippen molar-refractivity contribution in [1.29, 1.82) is 0 Å². The van der Waals surface area contributed by atoms with E-state index in [-0.39, 0.29) is 10.8 Å². The van der Waals surface area contributed by atoms with E-state index >= 15 is 0 Å². The van der Waals surface area contributed by atoms with Gasteiger partial charge in [-0.15, -0.1) is 0 Å². The van der Waals surface area contributed by atoms with Crippen LogP contribution >= 0.6 is 0 Å². The summed E-state index contributed by atoms with van der Waals surface area (Å²) in [4.78, 5) is 18.4. The lowest BCUT2D eigenvalue weighted by molar-refractivity contribution is -0.115. The monoisotopic (exact) mass is 481 g/mol. The third-order valence-electron chi connectivity index (χ3n) is 5.63. The van der Waals surface area contributed by atoms with Crippen molar-refractivity contribution in [3.63, 3.8) is 0 Å². The highest BCUT2D eigenvalue weighted by molar-refractivity contribution is 7.89. The Labute approximate surface area is 199 Å². The van der Waals surface area contributed by atoms with Gasteiger partial charge in [0.05, 0.1) is 4.90 Å². The number of pyridine rings is 1. The Bertz CT molecular complexity index is 1260. The number of hydrogen-bond donors (Lipinski definition) is 1. The summed E-state index contributed by atoms with van der Waals surface area (Å²) < 4.78 is 33.0. The molecular weight excluding hydrogens is 454 g/mol. The molecule has 1 aliphatic heterocycles. The van der Waals surface area contributed by atoms with Crippen LogP contribution in [0, 0.1) is 6.92 Å². The Kier molecular flexibility index (Phi) is 7.09. The number of anilines is 2. The molecule has 4 rings (SSSR count). The molecule has 1 aliphatic rings. The van der Waals surface area contributed by atoms with Crippen molar-refractivity contribution in [3.8, 4) is 0 Å². The summed E-state index contributed by atoms with van der Waals surface area (Å²) in [6.07, 6.45) is 5.57. The zero-order chi connectivity index (χ0) is 24.1. The van der Waals surface area contributed by atoms with Crippen LogP contribution in [-0.2, 0) is 14.8 Å². The standard InChI is InChI=1S/C24H27N5O4S/c1-3-23(30)26-24-18(2)27-33-21(24)12-9-19-7-10-20(11-8-19)34(31,32)29-16-14-28(15-17-29)22-6-4-5-13-25-22/h4-13H,3,14-17H2,1-2H3,(H,26,30). The van der Waals surface area contributed by atoms with Crippen molar-refractivity contribution in [3.05, 3.63) is 65.7 Å². The number of sulfonamides is 1. The molecule has 0 spiro atoms. The van der Waals surface area contributed by atoms with E-state index in [1.54, 1.807) is 56.5 Å². The van der Waals surface area contributed by atoms with Crippen LogP contribution in [0.2, 0.25) is 0 Å². The number of benzene rings is 1. The molecule has 1 aromatic carbocycles. The summed E-state index contributed by atoms with van der Waals surface area (Å²) >= 11 is 0. The second-order valence-corrected chi connectivity index (χ2v) is 9.83. The number of nitrogens with one attached hydrogen (secondary N) is 1. The first kappa shape index (κ1) is 23.7. The average Bonchev–Trinajstić information content (AvgIpc) is 3.22. The number of aromatic nitrogens is 2. The zero-order valence-electron chi connectivity index (χ0n) is 19.1. The lowest BCUT2D eigenvalue weighted by Crippen LogP contribution is -2.48. The minimum atomic E-state index is -3.59. The highest BCUT2D eigenvalue weighted by atomic mass is 32.2. The summed E-state index contributed by atoms with van der Waals surface area (Å²) in [6, 6.07) is 12.4. The van der Waals surface area contributed by atoms with E-state index in [0.29, 0.717) is 49.7 Å². The minimum Gasteiger partial charge on any atom is -0.354 e. The fraction of sp³-hybridized carbons (Fsp3) is 0.292. The number of aryl methyl sites for hydroxylation is 1. The van der Waals surface area contributed by atoms with Crippen molar-refractivity contribution in [1.82, 2.24) is 14.4 Å². The van der Waals surface area contributed by atoms with E-state index in [9.17, 15) is 13.2 Å². The Morgan fingerprint density at radius 1 is 1.09 bits per heavy atom. The van der Waals surface area contributed by atoms with Gasteiger partial charge < -0.3 is 14.7 Å². The van der Waals surface area contributed by atoms with Gasteiger partial charge >= 0.3 is 0 Å². The quantitative estimate of drug-likeness (QED) is 0.551. The van der Waals surface area contributed by atoms with Gasteiger partial charge in [-0.25, -0.2) is 13.4 Å². The van der Waals surface area contributed by atoms with Gasteiger partial charge in [0.1, 0.15) is 17.2 Å². The van der Waals surface area contributed by atoms with Crippen LogP contribution < -0.4 is 10.2 Å². The number of nitrogens with zero attached hydrogens (tertiary/aromatic N) is 4. The molecule has 9 nitrogen and oxygen atoms in total. The molecule has 2 aromatic heterocycles. The van der Waals surface area contributed by atoms with Gasteiger partial charge in [-0.3, -0.25) is 4.79 Å². The highest BCUT2D eigenvalue weighted by Crippen LogP contribution is 2.24. The molecule has 0 atom stereocenters.